The summed E-state index contributed by atoms with van der Waals surface area (Å²) in [5.41, 5.74) is 10.9. The summed E-state index contributed by atoms with van der Waals surface area (Å²) in [6.07, 6.45) is 1.63. The molecule has 0 aliphatic rings. The highest BCUT2D eigenvalue weighted by molar-refractivity contribution is 5.75. The molecule has 3 aromatic carbocycles. The number of nitrogens with one attached hydrogen (secondary N) is 2. The van der Waals surface area contributed by atoms with E-state index in [1.807, 2.05) is 54.6 Å². The van der Waals surface area contributed by atoms with Crippen molar-refractivity contribution in [1.82, 2.24) is 5.32 Å². The Balaban J connectivity index is 1.61. The summed E-state index contributed by atoms with van der Waals surface area (Å²) >= 11 is 0. The van der Waals surface area contributed by atoms with E-state index in [1.54, 1.807) is 13.0 Å². The highest BCUT2D eigenvalue weighted by Crippen LogP contribution is 2.23. The van der Waals surface area contributed by atoms with Crippen molar-refractivity contribution >= 4 is 17.3 Å². The van der Waals surface area contributed by atoms with Gasteiger partial charge in [-0.1, -0.05) is 60.7 Å². The molecule has 0 heterocycles. The van der Waals surface area contributed by atoms with Crippen LogP contribution in [0.15, 0.2) is 72.8 Å². The van der Waals surface area contributed by atoms with Crippen molar-refractivity contribution in [2.75, 3.05) is 24.1 Å². The van der Waals surface area contributed by atoms with Gasteiger partial charge in [0.05, 0.1) is 22.9 Å². The Morgan fingerprint density at radius 2 is 1.76 bits per heavy atom. The van der Waals surface area contributed by atoms with E-state index in [0.717, 1.165) is 36.2 Å². The highest BCUT2D eigenvalue weighted by Gasteiger charge is 2.14. The first-order chi connectivity index (χ1) is 16.0. The summed E-state index contributed by atoms with van der Waals surface area (Å²) in [5.74, 6) is -1.34. The lowest BCUT2D eigenvalue weighted by Gasteiger charge is -2.20. The monoisotopic (exact) mass is 442 g/mol. The molecule has 0 saturated carbocycles. The Bertz CT molecular complexity index is 1110. The molecule has 0 unspecified atom stereocenters. The Morgan fingerprint density at radius 1 is 1.03 bits per heavy atom. The topological polar surface area (TPSA) is 111 Å². The van der Waals surface area contributed by atoms with Gasteiger partial charge in [-0.05, 0) is 55.1 Å². The molecule has 0 spiro atoms. The summed E-state index contributed by atoms with van der Waals surface area (Å²) in [4.78, 5) is 11.3. The first-order valence-corrected chi connectivity index (χ1v) is 11.1. The quantitative estimate of drug-likeness (QED) is 0.320. The van der Waals surface area contributed by atoms with Crippen molar-refractivity contribution < 1.29 is 9.90 Å². The fourth-order valence-corrected chi connectivity index (χ4v) is 3.79. The van der Waals surface area contributed by atoms with E-state index in [2.05, 4.69) is 28.8 Å². The summed E-state index contributed by atoms with van der Waals surface area (Å²) in [6, 6.07) is 25.7. The van der Waals surface area contributed by atoms with Crippen LogP contribution in [0.25, 0.3) is 0 Å². The van der Waals surface area contributed by atoms with Crippen LogP contribution in [0.5, 0.6) is 0 Å². The Hall–Kier alpha value is -3.82. The molecular weight excluding hydrogens is 412 g/mol. The number of para-hydroxylation sites is 1. The number of nitrogens with two attached hydrogens (primary N) is 1. The molecule has 0 aliphatic carbocycles. The fourth-order valence-electron chi connectivity index (χ4n) is 3.79. The predicted molar refractivity (Wildman–Crippen MR) is 132 cm³/mol. The van der Waals surface area contributed by atoms with Crippen LogP contribution >= 0.6 is 0 Å². The van der Waals surface area contributed by atoms with Crippen LogP contribution in [-0.4, -0.2) is 24.2 Å². The minimum atomic E-state index is -0.817. The third kappa shape index (κ3) is 6.58. The number of nitrogens with zero attached hydrogens (tertiary/aromatic N) is 1. The molecule has 0 amide bonds. The second-order valence-corrected chi connectivity index (χ2v) is 8.07. The number of nitriles is 1. The number of hydrogen-bond acceptors (Lipinski definition) is 5. The number of carbonyl (C=O) groups is 1. The van der Waals surface area contributed by atoms with Crippen molar-refractivity contribution in [3.8, 4) is 6.07 Å². The van der Waals surface area contributed by atoms with E-state index in [1.165, 1.54) is 5.56 Å². The number of anilines is 2. The average Bonchev–Trinajstić information content (AvgIpc) is 2.84. The van der Waals surface area contributed by atoms with E-state index < -0.39 is 11.9 Å². The highest BCUT2D eigenvalue weighted by atomic mass is 16.4. The molecule has 0 aromatic heterocycles. The van der Waals surface area contributed by atoms with E-state index in [4.69, 9.17) is 5.73 Å². The molecule has 3 aromatic rings. The van der Waals surface area contributed by atoms with Gasteiger partial charge in [0.1, 0.15) is 6.07 Å². The predicted octanol–water partition coefficient (Wildman–Crippen LogP) is 4.70. The smallest absolute Gasteiger partial charge is 0.310 e. The standard InChI is InChI=1S/C27H30N4O2/c1-19(27(32)33)22-10-5-7-20(17-22)13-15-30-24(21-8-3-2-4-9-21)14-16-31-25-12-6-11-23(18-28)26(25)29/h2-12,17,19,24,30-31H,13-16,29H2,1H3,(H,32,33)/t19-,24+/m1/s1. The number of aliphatic carboxylic acids is 1. The summed E-state index contributed by atoms with van der Waals surface area (Å²) < 4.78 is 0. The zero-order chi connectivity index (χ0) is 23.6. The van der Waals surface area contributed by atoms with Crippen molar-refractivity contribution in [3.63, 3.8) is 0 Å². The molecular formula is C27H30N4O2. The largest absolute Gasteiger partial charge is 0.481 e. The Kier molecular flexibility index (Phi) is 8.45. The van der Waals surface area contributed by atoms with E-state index in [0.29, 0.717) is 17.8 Å². The second-order valence-electron chi connectivity index (χ2n) is 8.07. The first-order valence-electron chi connectivity index (χ1n) is 11.1. The number of hydrogen-bond donors (Lipinski definition) is 4. The molecule has 0 saturated heterocycles. The molecule has 0 radical (unpaired) electrons. The SMILES string of the molecule is C[C@@H](C(=O)O)c1cccc(CCN[C@@H](CCNc2cccc(C#N)c2N)c2ccccc2)c1. The summed E-state index contributed by atoms with van der Waals surface area (Å²) in [7, 11) is 0. The van der Waals surface area contributed by atoms with Gasteiger partial charge in [0.15, 0.2) is 0 Å². The van der Waals surface area contributed by atoms with Crippen LogP contribution in [0.4, 0.5) is 11.4 Å². The van der Waals surface area contributed by atoms with E-state index in [9.17, 15) is 15.2 Å². The molecule has 6 heteroatoms. The number of carboxylic acids is 1. The van der Waals surface area contributed by atoms with Gasteiger partial charge in [0.2, 0.25) is 0 Å². The van der Waals surface area contributed by atoms with Gasteiger partial charge in [-0.3, -0.25) is 4.79 Å². The maximum Gasteiger partial charge on any atom is 0.310 e. The van der Waals surface area contributed by atoms with E-state index >= 15 is 0 Å². The van der Waals surface area contributed by atoms with Crippen LogP contribution in [0, 0.1) is 11.3 Å². The van der Waals surface area contributed by atoms with Gasteiger partial charge in [0, 0.05) is 12.6 Å². The van der Waals surface area contributed by atoms with Crippen molar-refractivity contribution in [3.05, 3.63) is 95.1 Å². The van der Waals surface area contributed by atoms with E-state index in [-0.39, 0.29) is 6.04 Å². The lowest BCUT2D eigenvalue weighted by molar-refractivity contribution is -0.138. The third-order valence-electron chi connectivity index (χ3n) is 5.80. The number of benzene rings is 3. The number of rotatable bonds is 11. The zero-order valence-electron chi connectivity index (χ0n) is 18.8. The average molecular weight is 443 g/mol. The van der Waals surface area contributed by atoms with Crippen LogP contribution < -0.4 is 16.4 Å². The Labute approximate surface area is 195 Å². The molecule has 6 nitrogen and oxygen atoms in total. The van der Waals surface area contributed by atoms with Gasteiger partial charge < -0.3 is 21.5 Å². The molecule has 33 heavy (non-hydrogen) atoms. The second kappa shape index (κ2) is 11.7. The molecule has 5 N–H and O–H groups in total. The minimum absolute atomic E-state index is 0.139. The summed E-state index contributed by atoms with van der Waals surface area (Å²) in [6.45, 7) is 3.16. The zero-order valence-corrected chi connectivity index (χ0v) is 18.8. The van der Waals surface area contributed by atoms with Crippen molar-refractivity contribution in [2.24, 2.45) is 0 Å². The van der Waals surface area contributed by atoms with Crippen molar-refractivity contribution in [2.45, 2.75) is 31.7 Å². The van der Waals surface area contributed by atoms with Gasteiger partial charge in [-0.25, -0.2) is 0 Å². The first kappa shape index (κ1) is 23.8. The lowest BCUT2D eigenvalue weighted by Crippen LogP contribution is -2.26. The maximum absolute atomic E-state index is 11.3. The summed E-state index contributed by atoms with van der Waals surface area (Å²) in [5, 5.41) is 25.4. The number of carboxylic acid groups (broad SMARTS) is 1. The third-order valence-corrected chi connectivity index (χ3v) is 5.80. The van der Waals surface area contributed by atoms with Gasteiger partial charge in [-0.2, -0.15) is 5.26 Å². The molecule has 0 bridgehead atoms. The van der Waals surface area contributed by atoms with Gasteiger partial charge >= 0.3 is 5.97 Å². The van der Waals surface area contributed by atoms with Gasteiger partial charge in [0.25, 0.3) is 0 Å². The van der Waals surface area contributed by atoms with Gasteiger partial charge in [-0.15, -0.1) is 0 Å². The molecule has 3 rings (SSSR count). The number of nitrogen functional groups attached to an aromatic ring is 1. The molecule has 0 fully saturated rings. The van der Waals surface area contributed by atoms with Crippen LogP contribution in [0.1, 0.15) is 47.6 Å². The molecule has 0 aliphatic heterocycles. The van der Waals surface area contributed by atoms with Crippen LogP contribution in [-0.2, 0) is 11.2 Å². The molecule has 2 atom stereocenters. The maximum atomic E-state index is 11.3. The van der Waals surface area contributed by atoms with Crippen LogP contribution in [0.2, 0.25) is 0 Å². The Morgan fingerprint density at radius 3 is 2.48 bits per heavy atom. The van der Waals surface area contributed by atoms with Crippen LogP contribution in [0.3, 0.4) is 0 Å². The molecule has 170 valence electrons. The normalized spacial score (nSPS) is 12.5. The fraction of sp³-hybridized carbons (Fsp3) is 0.259. The minimum Gasteiger partial charge on any atom is -0.481 e. The van der Waals surface area contributed by atoms with Crippen molar-refractivity contribution in [1.29, 1.82) is 5.26 Å². The lowest BCUT2D eigenvalue weighted by atomic mass is 9.98.